The Morgan fingerprint density at radius 2 is 2.35 bits per heavy atom. The van der Waals surface area contributed by atoms with Crippen LogP contribution in [0.3, 0.4) is 0 Å². The van der Waals surface area contributed by atoms with Gasteiger partial charge >= 0.3 is 5.97 Å². The van der Waals surface area contributed by atoms with Crippen molar-refractivity contribution in [3.63, 3.8) is 0 Å². The van der Waals surface area contributed by atoms with E-state index in [-0.39, 0.29) is 11.6 Å². The minimum Gasteiger partial charge on any atom is -0.464 e. The normalized spacial score (nSPS) is 11.2. The number of nitrogens with two attached hydrogens (primary N) is 1. The summed E-state index contributed by atoms with van der Waals surface area (Å²) in [6.45, 7) is 1.48. The summed E-state index contributed by atoms with van der Waals surface area (Å²) in [5.41, 5.74) is 5.95. The molecule has 0 saturated heterocycles. The number of rotatable bonds is 9. The summed E-state index contributed by atoms with van der Waals surface area (Å²) in [4.78, 5) is 15.2. The van der Waals surface area contributed by atoms with Crippen LogP contribution < -0.4 is 11.1 Å². The largest absolute Gasteiger partial charge is 0.464 e. The molecule has 0 aromatic carbocycles. The molecule has 1 aromatic rings. The third kappa shape index (κ3) is 4.85. The average molecular weight is 280 g/mol. The number of nitrogens with one attached hydrogen (secondary N) is 2. The van der Waals surface area contributed by atoms with E-state index in [1.54, 1.807) is 6.20 Å². The summed E-state index contributed by atoms with van der Waals surface area (Å²) in [5, 5.41) is 10.4. The number of ether oxygens (including phenoxy) is 1. The van der Waals surface area contributed by atoms with Crippen molar-refractivity contribution in [1.82, 2.24) is 10.3 Å². The zero-order valence-electron chi connectivity index (χ0n) is 11.5. The number of nitrogens with zero attached hydrogens (tertiary/aromatic N) is 1. The highest BCUT2D eigenvalue weighted by atomic mass is 16.5. The van der Waals surface area contributed by atoms with Crippen LogP contribution in [-0.2, 0) is 4.74 Å². The van der Waals surface area contributed by atoms with Crippen molar-refractivity contribution >= 4 is 17.8 Å². The molecule has 0 unspecified atom stereocenters. The molecule has 0 saturated carbocycles. The molecule has 7 nitrogen and oxygen atoms in total. The molecule has 0 spiro atoms. The fourth-order valence-electron chi connectivity index (χ4n) is 1.50. The molecule has 1 heterocycles. The van der Waals surface area contributed by atoms with Crippen LogP contribution in [0.15, 0.2) is 16.9 Å². The number of hydrogen-bond donors (Lipinski definition) is 3. The van der Waals surface area contributed by atoms with Gasteiger partial charge in [0.2, 0.25) is 5.89 Å². The molecule has 0 aliphatic rings. The first-order valence-corrected chi connectivity index (χ1v) is 6.41. The van der Waals surface area contributed by atoms with E-state index in [1.807, 2.05) is 0 Å². The lowest BCUT2D eigenvalue weighted by molar-refractivity contribution is 0.0594. The van der Waals surface area contributed by atoms with Crippen molar-refractivity contribution in [1.29, 1.82) is 5.41 Å². The molecule has 0 radical (unpaired) electrons. The standard InChI is InChI=1S/C13H20N4O3/c1-19-13(18)11-9-20-12(17-11)10(7-15)8-16-6-4-2-3-5-14/h7-9,15-16H,2-6,14H2,1H3/b10-8+,15-7?. The number of unbranched alkanes of at least 4 members (excludes halogenated alkanes) is 2. The van der Waals surface area contributed by atoms with Crippen LogP contribution in [0.2, 0.25) is 0 Å². The summed E-state index contributed by atoms with van der Waals surface area (Å²) in [6, 6.07) is 0. The van der Waals surface area contributed by atoms with Crippen LogP contribution >= 0.6 is 0 Å². The van der Waals surface area contributed by atoms with Crippen LogP contribution in [-0.4, -0.2) is 37.4 Å². The predicted molar refractivity (Wildman–Crippen MR) is 75.5 cm³/mol. The highest BCUT2D eigenvalue weighted by molar-refractivity contribution is 6.06. The number of hydrogen-bond acceptors (Lipinski definition) is 7. The molecule has 0 amide bonds. The molecular weight excluding hydrogens is 260 g/mol. The minimum absolute atomic E-state index is 0.0817. The summed E-state index contributed by atoms with van der Waals surface area (Å²) in [6.07, 6.45) is 7.02. The van der Waals surface area contributed by atoms with E-state index in [1.165, 1.54) is 13.4 Å². The van der Waals surface area contributed by atoms with E-state index in [0.717, 1.165) is 32.0 Å². The number of methoxy groups -OCH3 is 1. The van der Waals surface area contributed by atoms with Crippen molar-refractivity contribution in [2.24, 2.45) is 5.73 Å². The van der Waals surface area contributed by atoms with E-state index in [2.05, 4.69) is 15.0 Å². The molecule has 110 valence electrons. The van der Waals surface area contributed by atoms with Gasteiger partial charge in [-0.2, -0.15) is 0 Å². The Bertz CT molecular complexity index is 468. The Hall–Kier alpha value is -2.15. The van der Waals surface area contributed by atoms with Gasteiger partial charge in [0.15, 0.2) is 5.69 Å². The summed E-state index contributed by atoms with van der Waals surface area (Å²) in [5.74, 6) is -0.367. The SMILES string of the molecule is COC(=O)c1coc(/C(C=N)=C/NCCCCCN)n1. The Kier molecular flexibility index (Phi) is 7.05. The highest BCUT2D eigenvalue weighted by Gasteiger charge is 2.13. The first-order valence-electron chi connectivity index (χ1n) is 6.41. The summed E-state index contributed by atoms with van der Waals surface area (Å²) < 4.78 is 9.68. The first-order chi connectivity index (χ1) is 9.72. The molecule has 0 bridgehead atoms. The van der Waals surface area contributed by atoms with Gasteiger partial charge in [-0.3, -0.25) is 0 Å². The summed E-state index contributed by atoms with van der Waals surface area (Å²) >= 11 is 0. The van der Waals surface area contributed by atoms with Gasteiger partial charge in [0.1, 0.15) is 6.26 Å². The van der Waals surface area contributed by atoms with Gasteiger partial charge in [-0.25, -0.2) is 9.78 Å². The van der Waals surface area contributed by atoms with E-state index in [0.29, 0.717) is 12.1 Å². The van der Waals surface area contributed by atoms with Crippen LogP contribution in [0.25, 0.3) is 5.57 Å². The van der Waals surface area contributed by atoms with Crippen LogP contribution in [0.1, 0.15) is 35.6 Å². The average Bonchev–Trinajstić information content (AvgIpc) is 2.95. The number of carbonyl (C=O) groups excluding carboxylic acids is 1. The number of carbonyl (C=O) groups is 1. The Labute approximate surface area is 117 Å². The minimum atomic E-state index is -0.570. The maximum atomic E-state index is 11.3. The Morgan fingerprint density at radius 1 is 1.55 bits per heavy atom. The third-order valence-corrected chi connectivity index (χ3v) is 2.58. The molecule has 0 aliphatic heterocycles. The Morgan fingerprint density at radius 3 is 3.00 bits per heavy atom. The summed E-state index contributed by atoms with van der Waals surface area (Å²) in [7, 11) is 1.27. The van der Waals surface area contributed by atoms with Crippen molar-refractivity contribution in [3.05, 3.63) is 24.0 Å². The second kappa shape index (κ2) is 8.87. The van der Waals surface area contributed by atoms with E-state index in [4.69, 9.17) is 15.6 Å². The monoisotopic (exact) mass is 280 g/mol. The second-order valence-corrected chi connectivity index (χ2v) is 4.08. The lowest BCUT2D eigenvalue weighted by atomic mass is 10.2. The molecule has 1 aromatic heterocycles. The quantitative estimate of drug-likeness (QED) is 0.355. The van der Waals surface area contributed by atoms with Gasteiger partial charge in [0.25, 0.3) is 0 Å². The zero-order chi connectivity index (χ0) is 14.8. The molecule has 20 heavy (non-hydrogen) atoms. The number of aromatic nitrogens is 1. The van der Waals surface area contributed by atoms with Crippen molar-refractivity contribution in [2.45, 2.75) is 19.3 Å². The van der Waals surface area contributed by atoms with E-state index in [9.17, 15) is 4.79 Å². The van der Waals surface area contributed by atoms with Crippen molar-refractivity contribution in [2.75, 3.05) is 20.2 Å². The fourth-order valence-corrected chi connectivity index (χ4v) is 1.50. The smallest absolute Gasteiger partial charge is 0.360 e. The molecule has 0 aliphatic carbocycles. The third-order valence-electron chi connectivity index (χ3n) is 2.58. The van der Waals surface area contributed by atoms with Crippen LogP contribution in [0, 0.1) is 5.41 Å². The van der Waals surface area contributed by atoms with Crippen molar-refractivity contribution < 1.29 is 13.9 Å². The molecule has 7 heteroatoms. The van der Waals surface area contributed by atoms with E-state index < -0.39 is 5.97 Å². The van der Waals surface area contributed by atoms with Gasteiger partial charge < -0.3 is 25.6 Å². The topological polar surface area (TPSA) is 114 Å². The second-order valence-electron chi connectivity index (χ2n) is 4.08. The zero-order valence-corrected chi connectivity index (χ0v) is 11.5. The maximum absolute atomic E-state index is 11.3. The first kappa shape index (κ1) is 15.9. The molecule has 0 atom stereocenters. The van der Waals surface area contributed by atoms with Gasteiger partial charge in [0, 0.05) is 19.0 Å². The Balaban J connectivity index is 2.54. The van der Waals surface area contributed by atoms with Crippen LogP contribution in [0.4, 0.5) is 0 Å². The van der Waals surface area contributed by atoms with E-state index >= 15 is 0 Å². The number of allylic oxidation sites excluding steroid dienone is 1. The molecule has 0 fully saturated rings. The molecule has 1 rings (SSSR count). The molecule has 4 N–H and O–H groups in total. The van der Waals surface area contributed by atoms with Gasteiger partial charge in [0.05, 0.1) is 12.7 Å². The van der Waals surface area contributed by atoms with Gasteiger partial charge in [-0.05, 0) is 19.4 Å². The maximum Gasteiger partial charge on any atom is 0.360 e. The highest BCUT2D eigenvalue weighted by Crippen LogP contribution is 2.11. The number of esters is 1. The predicted octanol–water partition coefficient (Wildman–Crippen LogP) is 1.17. The fraction of sp³-hybridized carbons (Fsp3) is 0.462. The lowest BCUT2D eigenvalue weighted by Crippen LogP contribution is -2.09. The van der Waals surface area contributed by atoms with Gasteiger partial charge in [-0.1, -0.05) is 6.42 Å². The van der Waals surface area contributed by atoms with Crippen molar-refractivity contribution in [3.8, 4) is 0 Å². The number of oxazole rings is 1. The molecular formula is C13H20N4O3. The van der Waals surface area contributed by atoms with Crippen LogP contribution in [0.5, 0.6) is 0 Å². The van der Waals surface area contributed by atoms with Gasteiger partial charge in [-0.15, -0.1) is 0 Å². The lowest BCUT2D eigenvalue weighted by Gasteiger charge is -2.01.